The predicted octanol–water partition coefficient (Wildman–Crippen LogP) is 3.73. The summed E-state index contributed by atoms with van der Waals surface area (Å²) in [6.07, 6.45) is 3.35. The van der Waals surface area contributed by atoms with Gasteiger partial charge in [-0.1, -0.05) is 12.1 Å². The highest BCUT2D eigenvalue weighted by Crippen LogP contribution is 2.18. The van der Waals surface area contributed by atoms with Crippen molar-refractivity contribution in [3.8, 4) is 5.75 Å². The van der Waals surface area contributed by atoms with Gasteiger partial charge in [-0.05, 0) is 73.4 Å². The summed E-state index contributed by atoms with van der Waals surface area (Å²) in [6.45, 7) is 6.15. The summed E-state index contributed by atoms with van der Waals surface area (Å²) >= 11 is 0. The highest BCUT2D eigenvalue weighted by Gasteiger charge is 2.05. The Bertz CT molecular complexity index is 853. The van der Waals surface area contributed by atoms with E-state index in [1.54, 1.807) is 38.4 Å². The Morgan fingerprint density at radius 2 is 1.63 bits per heavy atom. The number of nitrogens with one attached hydrogen (secondary N) is 1. The molecule has 2 aromatic rings. The third kappa shape index (κ3) is 5.99. The minimum atomic E-state index is -0.205. The highest BCUT2D eigenvalue weighted by atomic mass is 16.5. The Balaban J connectivity index is 1.94. The maximum Gasteiger partial charge on any atom is 0.259 e. The molecule has 0 radical (unpaired) electrons. The number of anilines is 1. The van der Waals surface area contributed by atoms with Crippen molar-refractivity contribution >= 4 is 23.6 Å². The fraction of sp³-hybridized carbons (Fsp3) is 0.273. The van der Waals surface area contributed by atoms with Crippen LogP contribution in [0, 0.1) is 20.8 Å². The lowest BCUT2D eigenvalue weighted by molar-refractivity contribution is -0.130. The van der Waals surface area contributed by atoms with E-state index in [2.05, 4.69) is 31.3 Å². The van der Waals surface area contributed by atoms with Crippen LogP contribution in [0.2, 0.25) is 0 Å². The fourth-order valence-electron chi connectivity index (χ4n) is 2.42. The van der Waals surface area contributed by atoms with Gasteiger partial charge in [0.1, 0.15) is 5.75 Å². The molecule has 5 heteroatoms. The summed E-state index contributed by atoms with van der Waals surface area (Å²) in [4.78, 5) is 25.1. The number of aryl methyl sites for hydroxylation is 3. The molecule has 0 aliphatic rings. The normalized spacial score (nSPS) is 10.7. The Kier molecular flexibility index (Phi) is 6.77. The SMILES string of the molecule is Cc1cc(C)c(/C=C/C(=O)Nc2ccc(OCC(=O)N(C)C)cc2)cc1C. The van der Waals surface area contributed by atoms with E-state index in [1.165, 1.54) is 22.1 Å². The number of likely N-dealkylation sites (N-methyl/N-ethyl adjacent to an activating group) is 1. The number of hydrogen-bond donors (Lipinski definition) is 1. The Labute approximate surface area is 160 Å². The second-order valence-electron chi connectivity index (χ2n) is 6.72. The molecule has 27 heavy (non-hydrogen) atoms. The van der Waals surface area contributed by atoms with Crippen LogP contribution in [0.15, 0.2) is 42.5 Å². The van der Waals surface area contributed by atoms with Crippen molar-refractivity contribution in [2.24, 2.45) is 0 Å². The van der Waals surface area contributed by atoms with E-state index in [4.69, 9.17) is 4.74 Å². The van der Waals surface area contributed by atoms with Crippen molar-refractivity contribution in [3.63, 3.8) is 0 Å². The van der Waals surface area contributed by atoms with E-state index in [0.717, 1.165) is 11.1 Å². The molecule has 2 aromatic carbocycles. The van der Waals surface area contributed by atoms with Crippen LogP contribution in [0.1, 0.15) is 22.3 Å². The molecule has 0 saturated carbocycles. The summed E-state index contributed by atoms with van der Waals surface area (Å²) in [6, 6.07) is 11.1. The number of benzene rings is 2. The highest BCUT2D eigenvalue weighted by molar-refractivity contribution is 6.02. The van der Waals surface area contributed by atoms with Crippen LogP contribution in [0.4, 0.5) is 5.69 Å². The zero-order valence-corrected chi connectivity index (χ0v) is 16.5. The van der Waals surface area contributed by atoms with Gasteiger partial charge in [-0.15, -0.1) is 0 Å². The molecule has 1 N–H and O–H groups in total. The molecule has 5 nitrogen and oxygen atoms in total. The van der Waals surface area contributed by atoms with Gasteiger partial charge in [-0.2, -0.15) is 0 Å². The molecule has 2 rings (SSSR count). The Hall–Kier alpha value is -3.08. The van der Waals surface area contributed by atoms with Crippen molar-refractivity contribution < 1.29 is 14.3 Å². The standard InChI is InChI=1S/C22H26N2O3/c1-15-12-17(3)18(13-16(15)2)6-11-21(25)23-19-7-9-20(10-8-19)27-14-22(26)24(4)5/h6-13H,14H2,1-5H3,(H,23,25)/b11-6+. The maximum atomic E-state index is 12.1. The number of hydrogen-bond acceptors (Lipinski definition) is 3. The molecule has 0 saturated heterocycles. The first-order valence-electron chi connectivity index (χ1n) is 8.76. The molecule has 0 aliphatic heterocycles. The van der Waals surface area contributed by atoms with Gasteiger partial charge >= 0.3 is 0 Å². The van der Waals surface area contributed by atoms with Crippen LogP contribution in [0.5, 0.6) is 5.75 Å². The van der Waals surface area contributed by atoms with Gasteiger partial charge in [0, 0.05) is 25.9 Å². The van der Waals surface area contributed by atoms with E-state index in [1.807, 2.05) is 13.0 Å². The van der Waals surface area contributed by atoms with Gasteiger partial charge in [-0.25, -0.2) is 0 Å². The third-order valence-electron chi connectivity index (χ3n) is 4.28. The Morgan fingerprint density at radius 3 is 2.26 bits per heavy atom. The van der Waals surface area contributed by atoms with Gasteiger partial charge in [0.15, 0.2) is 6.61 Å². The lowest BCUT2D eigenvalue weighted by Gasteiger charge is -2.11. The number of rotatable bonds is 6. The average molecular weight is 366 g/mol. The van der Waals surface area contributed by atoms with Gasteiger partial charge in [-0.3, -0.25) is 9.59 Å². The summed E-state index contributed by atoms with van der Waals surface area (Å²) in [7, 11) is 3.36. The van der Waals surface area contributed by atoms with Crippen LogP contribution >= 0.6 is 0 Å². The third-order valence-corrected chi connectivity index (χ3v) is 4.28. The van der Waals surface area contributed by atoms with Gasteiger partial charge in [0.25, 0.3) is 5.91 Å². The summed E-state index contributed by atoms with van der Waals surface area (Å²) in [5.41, 5.74) is 5.26. The first kappa shape index (κ1) is 20.2. The minimum absolute atomic E-state index is 0.0171. The smallest absolute Gasteiger partial charge is 0.259 e. The molecule has 0 spiro atoms. The van der Waals surface area contributed by atoms with Crippen LogP contribution in [-0.4, -0.2) is 37.4 Å². The van der Waals surface area contributed by atoms with Gasteiger partial charge in [0.2, 0.25) is 5.91 Å². The topological polar surface area (TPSA) is 58.6 Å². The van der Waals surface area contributed by atoms with E-state index in [-0.39, 0.29) is 18.4 Å². The van der Waals surface area contributed by atoms with Crippen molar-refractivity contribution in [3.05, 3.63) is 64.7 Å². The average Bonchev–Trinajstić information content (AvgIpc) is 2.62. The zero-order valence-electron chi connectivity index (χ0n) is 16.5. The molecule has 0 bridgehead atoms. The van der Waals surface area contributed by atoms with E-state index in [9.17, 15) is 9.59 Å². The van der Waals surface area contributed by atoms with Gasteiger partial charge < -0.3 is 15.0 Å². The van der Waals surface area contributed by atoms with Crippen LogP contribution in [0.3, 0.4) is 0 Å². The molecule has 0 aromatic heterocycles. The summed E-state index contributed by atoms with van der Waals surface area (Å²) in [5.74, 6) is 0.257. The summed E-state index contributed by atoms with van der Waals surface area (Å²) in [5, 5.41) is 2.81. The molecular weight excluding hydrogens is 340 g/mol. The second-order valence-corrected chi connectivity index (χ2v) is 6.72. The monoisotopic (exact) mass is 366 g/mol. The lowest BCUT2D eigenvalue weighted by atomic mass is 10.0. The molecule has 0 heterocycles. The predicted molar refractivity (Wildman–Crippen MR) is 109 cm³/mol. The molecule has 0 unspecified atom stereocenters. The first-order valence-corrected chi connectivity index (χ1v) is 8.76. The molecular formula is C22H26N2O3. The fourth-order valence-corrected chi connectivity index (χ4v) is 2.42. The number of nitrogens with zero attached hydrogens (tertiary/aromatic N) is 1. The quantitative estimate of drug-likeness (QED) is 0.793. The van der Waals surface area contributed by atoms with Crippen molar-refractivity contribution in [2.45, 2.75) is 20.8 Å². The number of amides is 2. The van der Waals surface area contributed by atoms with E-state index >= 15 is 0 Å². The number of carbonyl (C=O) groups excluding carboxylic acids is 2. The largest absolute Gasteiger partial charge is 0.484 e. The summed E-state index contributed by atoms with van der Waals surface area (Å²) < 4.78 is 5.41. The number of carbonyl (C=O) groups is 2. The van der Waals surface area contributed by atoms with E-state index < -0.39 is 0 Å². The minimum Gasteiger partial charge on any atom is -0.484 e. The van der Waals surface area contributed by atoms with E-state index in [0.29, 0.717) is 11.4 Å². The first-order chi connectivity index (χ1) is 12.8. The van der Waals surface area contributed by atoms with Crippen molar-refractivity contribution in [1.82, 2.24) is 4.90 Å². The molecule has 0 atom stereocenters. The lowest BCUT2D eigenvalue weighted by Crippen LogP contribution is -2.27. The molecule has 142 valence electrons. The van der Waals surface area contributed by atoms with Crippen molar-refractivity contribution in [1.29, 1.82) is 0 Å². The Morgan fingerprint density at radius 1 is 1.00 bits per heavy atom. The van der Waals surface area contributed by atoms with Crippen molar-refractivity contribution in [2.75, 3.05) is 26.0 Å². The van der Waals surface area contributed by atoms with Gasteiger partial charge in [0.05, 0.1) is 0 Å². The van der Waals surface area contributed by atoms with Crippen LogP contribution < -0.4 is 10.1 Å². The maximum absolute atomic E-state index is 12.1. The molecule has 0 fully saturated rings. The van der Waals surface area contributed by atoms with Crippen LogP contribution in [0.25, 0.3) is 6.08 Å². The second kappa shape index (κ2) is 9.03. The zero-order chi connectivity index (χ0) is 20.0. The number of ether oxygens (including phenoxy) is 1. The van der Waals surface area contributed by atoms with Crippen LogP contribution in [-0.2, 0) is 9.59 Å². The molecule has 0 aliphatic carbocycles. The molecule has 2 amide bonds.